The average molecular weight is 317 g/mol. The zero-order chi connectivity index (χ0) is 16.2. The summed E-state index contributed by atoms with van der Waals surface area (Å²) in [7, 11) is 0. The Labute approximate surface area is 136 Å². The van der Waals surface area contributed by atoms with Crippen LogP contribution in [0.5, 0.6) is 0 Å². The summed E-state index contributed by atoms with van der Waals surface area (Å²) < 4.78 is 5.04. The van der Waals surface area contributed by atoms with E-state index in [0.717, 1.165) is 31.5 Å². The van der Waals surface area contributed by atoms with E-state index in [2.05, 4.69) is 5.32 Å². The van der Waals surface area contributed by atoms with Crippen molar-refractivity contribution in [1.82, 2.24) is 15.1 Å². The van der Waals surface area contributed by atoms with Crippen molar-refractivity contribution in [3.63, 3.8) is 0 Å². The van der Waals surface area contributed by atoms with Gasteiger partial charge in [-0.25, -0.2) is 14.5 Å². The standard InChI is InChI=1S/C17H23N3O3/c1-2-23-17(22)19-12-15(13-6-4-3-5-7-13)20(16(19)21)14-8-10-18-11-9-14/h3-7,14-15,18H,2,8-12H2,1H3. The topological polar surface area (TPSA) is 61.9 Å². The van der Waals surface area contributed by atoms with Crippen LogP contribution in [0.4, 0.5) is 9.59 Å². The Hall–Kier alpha value is -2.08. The Kier molecular flexibility index (Phi) is 4.81. The number of hydrogen-bond acceptors (Lipinski definition) is 4. The first-order chi connectivity index (χ1) is 11.2. The van der Waals surface area contributed by atoms with E-state index >= 15 is 0 Å². The van der Waals surface area contributed by atoms with Crippen LogP contribution in [0.25, 0.3) is 0 Å². The fraction of sp³-hybridized carbons (Fsp3) is 0.529. The summed E-state index contributed by atoms with van der Waals surface area (Å²) in [5.41, 5.74) is 1.06. The molecule has 0 aliphatic carbocycles. The lowest BCUT2D eigenvalue weighted by Gasteiger charge is -2.35. The summed E-state index contributed by atoms with van der Waals surface area (Å²) in [5.74, 6) is 0. The first-order valence-electron chi connectivity index (χ1n) is 8.24. The maximum atomic E-state index is 12.8. The van der Waals surface area contributed by atoms with Crippen LogP contribution in [0.2, 0.25) is 0 Å². The molecule has 3 rings (SSSR count). The third-order valence-corrected chi connectivity index (χ3v) is 4.52. The molecule has 1 aromatic carbocycles. The van der Waals surface area contributed by atoms with Crippen molar-refractivity contribution in [2.45, 2.75) is 31.8 Å². The minimum Gasteiger partial charge on any atom is -0.449 e. The largest absolute Gasteiger partial charge is 0.449 e. The fourth-order valence-electron chi connectivity index (χ4n) is 3.40. The molecule has 1 N–H and O–H groups in total. The van der Waals surface area contributed by atoms with Crippen molar-refractivity contribution in [1.29, 1.82) is 0 Å². The molecule has 0 radical (unpaired) electrons. The Morgan fingerprint density at radius 1 is 1.26 bits per heavy atom. The van der Waals surface area contributed by atoms with Crippen LogP contribution in [-0.2, 0) is 4.74 Å². The van der Waals surface area contributed by atoms with Crippen molar-refractivity contribution in [3.05, 3.63) is 35.9 Å². The predicted octanol–water partition coefficient (Wildman–Crippen LogP) is 2.37. The third-order valence-electron chi connectivity index (χ3n) is 4.52. The van der Waals surface area contributed by atoms with Gasteiger partial charge >= 0.3 is 12.1 Å². The zero-order valence-corrected chi connectivity index (χ0v) is 13.4. The zero-order valence-electron chi connectivity index (χ0n) is 13.4. The number of carbonyl (C=O) groups excluding carboxylic acids is 2. The van der Waals surface area contributed by atoms with E-state index in [1.165, 1.54) is 4.90 Å². The molecule has 6 nitrogen and oxygen atoms in total. The molecule has 124 valence electrons. The second kappa shape index (κ2) is 7.00. The molecule has 0 bridgehead atoms. The molecule has 2 aliphatic heterocycles. The minimum atomic E-state index is -0.546. The number of hydrogen-bond donors (Lipinski definition) is 1. The number of nitrogens with zero attached hydrogens (tertiary/aromatic N) is 2. The maximum Gasteiger partial charge on any atom is 0.418 e. The summed E-state index contributed by atoms with van der Waals surface area (Å²) in [6.45, 7) is 4.17. The number of nitrogens with one attached hydrogen (secondary N) is 1. The van der Waals surface area contributed by atoms with Crippen molar-refractivity contribution in [2.24, 2.45) is 0 Å². The molecular weight excluding hydrogens is 294 g/mol. The molecule has 2 saturated heterocycles. The van der Waals surface area contributed by atoms with Gasteiger partial charge in [0.05, 0.1) is 19.2 Å². The Morgan fingerprint density at radius 3 is 2.61 bits per heavy atom. The predicted molar refractivity (Wildman–Crippen MR) is 86.0 cm³/mol. The monoisotopic (exact) mass is 317 g/mol. The molecule has 1 atom stereocenters. The molecular formula is C17H23N3O3. The highest BCUT2D eigenvalue weighted by molar-refractivity contribution is 5.93. The van der Waals surface area contributed by atoms with Gasteiger partial charge in [-0.3, -0.25) is 0 Å². The first-order valence-corrected chi connectivity index (χ1v) is 8.24. The Morgan fingerprint density at radius 2 is 1.96 bits per heavy atom. The molecule has 0 saturated carbocycles. The minimum absolute atomic E-state index is 0.101. The second-order valence-corrected chi connectivity index (χ2v) is 5.91. The van der Waals surface area contributed by atoms with E-state index in [-0.39, 0.29) is 24.7 Å². The van der Waals surface area contributed by atoms with Crippen molar-refractivity contribution in [3.8, 4) is 0 Å². The lowest BCUT2D eigenvalue weighted by molar-refractivity contribution is 0.116. The summed E-state index contributed by atoms with van der Waals surface area (Å²) in [5, 5.41) is 3.32. The van der Waals surface area contributed by atoms with Gasteiger partial charge in [-0.15, -0.1) is 0 Å². The van der Waals surface area contributed by atoms with Crippen LogP contribution in [-0.4, -0.2) is 54.2 Å². The molecule has 2 aliphatic rings. The van der Waals surface area contributed by atoms with E-state index in [1.54, 1.807) is 6.92 Å². The summed E-state index contributed by atoms with van der Waals surface area (Å²) in [4.78, 5) is 28.1. The second-order valence-electron chi connectivity index (χ2n) is 5.91. The number of imide groups is 1. The van der Waals surface area contributed by atoms with Gasteiger partial charge in [-0.2, -0.15) is 0 Å². The van der Waals surface area contributed by atoms with E-state index in [1.807, 2.05) is 35.2 Å². The molecule has 0 aromatic heterocycles. The van der Waals surface area contributed by atoms with E-state index in [4.69, 9.17) is 4.74 Å². The van der Waals surface area contributed by atoms with Crippen LogP contribution < -0.4 is 5.32 Å². The number of urea groups is 1. The van der Waals surface area contributed by atoms with Crippen LogP contribution in [0.15, 0.2) is 30.3 Å². The van der Waals surface area contributed by atoms with Gasteiger partial charge in [-0.1, -0.05) is 30.3 Å². The molecule has 6 heteroatoms. The van der Waals surface area contributed by atoms with Crippen molar-refractivity contribution in [2.75, 3.05) is 26.2 Å². The van der Waals surface area contributed by atoms with Gasteiger partial charge in [0.1, 0.15) is 0 Å². The Balaban J connectivity index is 1.87. The molecule has 1 aromatic rings. The molecule has 2 heterocycles. The summed E-state index contributed by atoms with van der Waals surface area (Å²) in [6, 6.07) is 9.74. The van der Waals surface area contributed by atoms with E-state index < -0.39 is 6.09 Å². The highest BCUT2D eigenvalue weighted by atomic mass is 16.6. The average Bonchev–Trinajstić information content (AvgIpc) is 2.94. The van der Waals surface area contributed by atoms with Gasteiger partial charge in [-0.05, 0) is 38.4 Å². The summed E-state index contributed by atoms with van der Waals surface area (Å²) in [6.07, 6.45) is 1.27. The fourth-order valence-corrected chi connectivity index (χ4v) is 3.40. The molecule has 23 heavy (non-hydrogen) atoms. The van der Waals surface area contributed by atoms with Gasteiger partial charge in [0.2, 0.25) is 0 Å². The molecule has 1 unspecified atom stereocenters. The van der Waals surface area contributed by atoms with Crippen LogP contribution in [0, 0.1) is 0 Å². The molecule has 3 amide bonds. The van der Waals surface area contributed by atoms with E-state index in [9.17, 15) is 9.59 Å². The highest BCUT2D eigenvalue weighted by Crippen LogP contribution is 2.34. The number of amides is 3. The number of carbonyl (C=O) groups is 2. The number of benzene rings is 1. The summed E-state index contributed by atoms with van der Waals surface area (Å²) >= 11 is 0. The van der Waals surface area contributed by atoms with Crippen molar-refractivity contribution >= 4 is 12.1 Å². The quantitative estimate of drug-likeness (QED) is 0.930. The van der Waals surface area contributed by atoms with Crippen LogP contribution >= 0.6 is 0 Å². The normalized spacial score (nSPS) is 22.5. The number of rotatable bonds is 3. The Bertz CT molecular complexity index is 557. The third kappa shape index (κ3) is 3.17. The maximum absolute atomic E-state index is 12.8. The van der Waals surface area contributed by atoms with Crippen molar-refractivity contribution < 1.29 is 14.3 Å². The number of piperidine rings is 1. The highest BCUT2D eigenvalue weighted by Gasteiger charge is 2.45. The van der Waals surface area contributed by atoms with Crippen LogP contribution in [0.1, 0.15) is 31.4 Å². The van der Waals surface area contributed by atoms with Gasteiger partial charge in [0.15, 0.2) is 0 Å². The molecule has 0 spiro atoms. The van der Waals surface area contributed by atoms with Gasteiger partial charge in [0, 0.05) is 6.04 Å². The van der Waals surface area contributed by atoms with Crippen LogP contribution in [0.3, 0.4) is 0 Å². The lowest BCUT2D eigenvalue weighted by atomic mass is 10.00. The lowest BCUT2D eigenvalue weighted by Crippen LogP contribution is -2.46. The molecule has 2 fully saturated rings. The van der Waals surface area contributed by atoms with Gasteiger partial charge in [0.25, 0.3) is 0 Å². The first kappa shape index (κ1) is 15.8. The smallest absolute Gasteiger partial charge is 0.418 e. The SMILES string of the molecule is CCOC(=O)N1CC(c2ccccc2)N(C2CCNCC2)C1=O. The number of ether oxygens (including phenoxy) is 1. The van der Waals surface area contributed by atoms with Gasteiger partial charge < -0.3 is 15.0 Å². The van der Waals surface area contributed by atoms with E-state index in [0.29, 0.717) is 6.54 Å².